The Kier molecular flexibility index (Phi) is 7.22. The van der Waals surface area contributed by atoms with E-state index in [0.29, 0.717) is 24.8 Å². The Morgan fingerprint density at radius 1 is 1.21 bits per heavy atom. The molecule has 1 atom stereocenters. The van der Waals surface area contributed by atoms with Crippen molar-refractivity contribution in [1.29, 1.82) is 0 Å². The zero-order valence-corrected chi connectivity index (χ0v) is 19.2. The number of sulfone groups is 1. The Balaban J connectivity index is 0.00000225. The molecule has 0 radical (unpaired) electrons. The monoisotopic (exact) mass is 521 g/mol. The van der Waals surface area contributed by atoms with E-state index in [1.807, 2.05) is 6.07 Å². The molecule has 1 saturated heterocycles. The van der Waals surface area contributed by atoms with Crippen LogP contribution in [0, 0.1) is 11.7 Å². The molecule has 2 aliphatic heterocycles. The molecule has 4 rings (SSSR count). The van der Waals surface area contributed by atoms with Crippen LogP contribution in [-0.4, -0.2) is 49.9 Å². The molecule has 1 unspecified atom stereocenters. The molecule has 8 heteroatoms. The first-order valence-corrected chi connectivity index (χ1v) is 11.8. The first-order valence-electron chi connectivity index (χ1n) is 10.0. The van der Waals surface area contributed by atoms with E-state index in [1.54, 1.807) is 6.07 Å². The number of guanidine groups is 1. The third-order valence-electron chi connectivity index (χ3n) is 5.99. The summed E-state index contributed by atoms with van der Waals surface area (Å²) >= 11 is 0. The highest BCUT2D eigenvalue weighted by atomic mass is 127. The Hall–Kier alpha value is -0.900. The molecule has 28 heavy (non-hydrogen) atoms. The molecule has 1 saturated carbocycles. The largest absolute Gasteiger partial charge is 0.353 e. The van der Waals surface area contributed by atoms with Crippen molar-refractivity contribution in [3.05, 3.63) is 35.1 Å². The molecule has 1 aromatic rings. The summed E-state index contributed by atoms with van der Waals surface area (Å²) in [5.74, 6) is 1.39. The summed E-state index contributed by atoms with van der Waals surface area (Å²) in [6, 6.07) is 5.48. The highest BCUT2D eigenvalue weighted by molar-refractivity contribution is 14.0. The smallest absolute Gasteiger partial charge is 0.194 e. The van der Waals surface area contributed by atoms with Gasteiger partial charge in [-0.05, 0) is 54.9 Å². The van der Waals surface area contributed by atoms with E-state index in [2.05, 4.69) is 10.2 Å². The molecular formula is C20H29FIN3O2S. The molecule has 2 fully saturated rings. The second-order valence-corrected chi connectivity index (χ2v) is 10.4. The molecule has 5 nitrogen and oxygen atoms in total. The lowest BCUT2D eigenvalue weighted by Crippen LogP contribution is -2.47. The van der Waals surface area contributed by atoms with Gasteiger partial charge in [0.25, 0.3) is 0 Å². The minimum Gasteiger partial charge on any atom is -0.353 e. The average molecular weight is 521 g/mol. The summed E-state index contributed by atoms with van der Waals surface area (Å²) in [6.45, 7) is 2.08. The topological polar surface area (TPSA) is 61.8 Å². The summed E-state index contributed by atoms with van der Waals surface area (Å²) < 4.78 is 36.9. The predicted molar refractivity (Wildman–Crippen MR) is 120 cm³/mol. The van der Waals surface area contributed by atoms with Crippen molar-refractivity contribution in [3.8, 4) is 0 Å². The van der Waals surface area contributed by atoms with E-state index in [4.69, 9.17) is 4.99 Å². The second-order valence-electron chi connectivity index (χ2n) is 8.14. The lowest BCUT2D eigenvalue weighted by Gasteiger charge is -2.33. The van der Waals surface area contributed by atoms with Crippen LogP contribution in [0.5, 0.6) is 0 Å². The third kappa shape index (κ3) is 5.37. The summed E-state index contributed by atoms with van der Waals surface area (Å²) in [6.07, 6.45) is 6.32. The second kappa shape index (κ2) is 9.28. The number of benzene rings is 1. The van der Waals surface area contributed by atoms with Gasteiger partial charge in [0.15, 0.2) is 15.8 Å². The minimum absolute atomic E-state index is 0. The van der Waals surface area contributed by atoms with E-state index in [1.165, 1.54) is 18.9 Å². The molecule has 1 aromatic carbocycles. The van der Waals surface area contributed by atoms with Crippen LogP contribution < -0.4 is 5.32 Å². The number of hydrogen-bond acceptors (Lipinski definition) is 3. The Bertz CT molecular complexity index is 825. The van der Waals surface area contributed by atoms with E-state index in [0.717, 1.165) is 49.4 Å². The minimum atomic E-state index is -2.87. The molecule has 156 valence electrons. The predicted octanol–water partition coefficient (Wildman–Crippen LogP) is 3.12. The normalized spacial score (nSPS) is 24.7. The van der Waals surface area contributed by atoms with Gasteiger partial charge < -0.3 is 10.2 Å². The number of hydrogen-bond donors (Lipinski definition) is 1. The van der Waals surface area contributed by atoms with Crippen LogP contribution in [0.3, 0.4) is 0 Å². The summed E-state index contributed by atoms with van der Waals surface area (Å²) in [4.78, 5) is 7.08. The van der Waals surface area contributed by atoms with Gasteiger partial charge in [0, 0.05) is 25.7 Å². The number of halogens is 2. The van der Waals surface area contributed by atoms with Gasteiger partial charge in [0.05, 0.1) is 11.5 Å². The molecule has 0 amide bonds. The van der Waals surface area contributed by atoms with Gasteiger partial charge in [-0.15, -0.1) is 24.0 Å². The number of rotatable bonds is 3. The summed E-state index contributed by atoms with van der Waals surface area (Å²) in [7, 11) is -2.87. The summed E-state index contributed by atoms with van der Waals surface area (Å²) in [5.41, 5.74) is 2.22. The van der Waals surface area contributed by atoms with Crippen LogP contribution in [0.2, 0.25) is 0 Å². The Morgan fingerprint density at radius 2 is 2.00 bits per heavy atom. The molecule has 2 heterocycles. The fourth-order valence-corrected chi connectivity index (χ4v) is 6.27. The maximum Gasteiger partial charge on any atom is 0.194 e. The molecule has 1 N–H and O–H groups in total. The fourth-order valence-electron chi connectivity index (χ4n) is 4.42. The van der Waals surface area contributed by atoms with Gasteiger partial charge in [0.2, 0.25) is 0 Å². The van der Waals surface area contributed by atoms with Crippen molar-refractivity contribution < 1.29 is 12.8 Å². The van der Waals surface area contributed by atoms with Gasteiger partial charge in [-0.1, -0.05) is 18.9 Å². The van der Waals surface area contributed by atoms with Gasteiger partial charge >= 0.3 is 0 Å². The fraction of sp³-hybridized carbons (Fsp3) is 0.650. The Labute approximate surface area is 184 Å². The third-order valence-corrected chi connectivity index (χ3v) is 7.83. The van der Waals surface area contributed by atoms with Gasteiger partial charge in [-0.2, -0.15) is 0 Å². The highest BCUT2D eigenvalue weighted by Crippen LogP contribution is 2.23. The first-order chi connectivity index (χ1) is 13.0. The van der Waals surface area contributed by atoms with E-state index in [9.17, 15) is 12.8 Å². The maximum absolute atomic E-state index is 13.5. The maximum atomic E-state index is 13.5. The molecule has 1 aliphatic carbocycles. The molecule has 0 bridgehead atoms. The number of nitrogens with one attached hydrogen (secondary N) is 1. The molecular weight excluding hydrogens is 492 g/mol. The molecule has 0 aromatic heterocycles. The Morgan fingerprint density at radius 3 is 2.71 bits per heavy atom. The van der Waals surface area contributed by atoms with Crippen LogP contribution in [0.4, 0.5) is 4.39 Å². The van der Waals surface area contributed by atoms with Crippen LogP contribution in [0.15, 0.2) is 23.2 Å². The quantitative estimate of drug-likeness (QED) is 0.378. The van der Waals surface area contributed by atoms with Gasteiger partial charge in [-0.25, -0.2) is 12.8 Å². The van der Waals surface area contributed by atoms with Crippen LogP contribution >= 0.6 is 24.0 Å². The SMILES string of the molecule is I.O=S1(=O)CCC(CN=C(NC2CCCC2)N2CCc3cc(F)ccc3C2)C1. The highest BCUT2D eigenvalue weighted by Gasteiger charge is 2.29. The van der Waals surface area contributed by atoms with Crippen molar-refractivity contribution in [2.45, 2.75) is 51.1 Å². The van der Waals surface area contributed by atoms with Crippen LogP contribution in [-0.2, 0) is 22.8 Å². The first kappa shape index (κ1) is 21.8. The van der Waals surface area contributed by atoms with Crippen molar-refractivity contribution in [2.24, 2.45) is 10.9 Å². The molecule has 3 aliphatic rings. The van der Waals surface area contributed by atoms with E-state index < -0.39 is 9.84 Å². The zero-order chi connectivity index (χ0) is 18.9. The lowest BCUT2D eigenvalue weighted by atomic mass is 10.00. The lowest BCUT2D eigenvalue weighted by molar-refractivity contribution is 0.368. The van der Waals surface area contributed by atoms with Crippen molar-refractivity contribution >= 4 is 39.8 Å². The van der Waals surface area contributed by atoms with E-state index in [-0.39, 0.29) is 41.5 Å². The summed E-state index contributed by atoms with van der Waals surface area (Å²) in [5, 5.41) is 3.62. The number of fused-ring (bicyclic) bond motifs is 1. The number of nitrogens with zero attached hydrogens (tertiary/aromatic N) is 2. The van der Waals surface area contributed by atoms with Gasteiger partial charge in [0.1, 0.15) is 5.82 Å². The average Bonchev–Trinajstić information content (AvgIpc) is 3.27. The van der Waals surface area contributed by atoms with Crippen molar-refractivity contribution in [3.63, 3.8) is 0 Å². The van der Waals surface area contributed by atoms with Gasteiger partial charge in [-0.3, -0.25) is 4.99 Å². The van der Waals surface area contributed by atoms with E-state index >= 15 is 0 Å². The van der Waals surface area contributed by atoms with Crippen LogP contribution in [0.25, 0.3) is 0 Å². The zero-order valence-electron chi connectivity index (χ0n) is 16.1. The van der Waals surface area contributed by atoms with Crippen molar-refractivity contribution in [1.82, 2.24) is 10.2 Å². The van der Waals surface area contributed by atoms with Crippen molar-refractivity contribution in [2.75, 3.05) is 24.6 Å². The standard InChI is InChI=1S/C20H28FN3O2S.HI/c21-18-6-5-17-13-24(9-7-16(17)11-18)20(23-19-3-1-2-4-19)22-12-15-8-10-27(25,26)14-15;/h5-6,11,15,19H,1-4,7-10,12-14H2,(H,22,23);1H. The van der Waals surface area contributed by atoms with Crippen LogP contribution in [0.1, 0.15) is 43.2 Å². The molecule has 0 spiro atoms. The number of aliphatic imine (C=N–C) groups is 1.